The second kappa shape index (κ2) is 8.11. The van der Waals surface area contributed by atoms with E-state index < -0.39 is 0 Å². The molecule has 2 heterocycles. The third kappa shape index (κ3) is 4.32. The van der Waals surface area contributed by atoms with Gasteiger partial charge in [-0.3, -0.25) is 4.79 Å². The maximum Gasteiger partial charge on any atom is 0.264 e. The van der Waals surface area contributed by atoms with E-state index >= 15 is 0 Å². The number of nitrogens with zero attached hydrogens (tertiary/aromatic N) is 1. The van der Waals surface area contributed by atoms with Crippen LogP contribution < -0.4 is 5.32 Å². The fourth-order valence-corrected chi connectivity index (χ4v) is 4.41. The van der Waals surface area contributed by atoms with Crippen LogP contribution in [0.1, 0.15) is 11.3 Å². The fraction of sp³-hybridized carbons (Fsp3) is 0.0476. The van der Waals surface area contributed by atoms with Crippen molar-refractivity contribution in [3.05, 3.63) is 79.8 Å². The molecule has 1 saturated heterocycles. The highest BCUT2D eigenvalue weighted by molar-refractivity contribution is 9.10. The Labute approximate surface area is 183 Å². The minimum Gasteiger partial charge on any atom is -0.457 e. The summed E-state index contributed by atoms with van der Waals surface area (Å²) in [4.78, 5) is 17.3. The molecule has 1 aliphatic heterocycles. The molecule has 0 spiro atoms. The molecule has 1 aliphatic rings. The molecular weight excluding hydrogens is 504 g/mol. The SMILES string of the molecule is Cc1ccc(-c2ccc(/C=C3\SC(=Nc4ccc(Br)cc4)NC3=O)o2)c(Br)c1. The highest BCUT2D eigenvalue weighted by Gasteiger charge is 2.24. The molecule has 0 atom stereocenters. The third-order valence-electron chi connectivity index (χ3n) is 4.00. The van der Waals surface area contributed by atoms with Gasteiger partial charge in [0, 0.05) is 20.6 Å². The van der Waals surface area contributed by atoms with Crippen molar-refractivity contribution in [2.45, 2.75) is 6.92 Å². The number of carbonyl (C=O) groups is 1. The van der Waals surface area contributed by atoms with Crippen LogP contribution in [0.15, 0.2) is 77.9 Å². The van der Waals surface area contributed by atoms with Crippen LogP contribution in [0.4, 0.5) is 5.69 Å². The number of hydrogen-bond donors (Lipinski definition) is 1. The Morgan fingerprint density at radius 2 is 1.86 bits per heavy atom. The number of amidine groups is 1. The summed E-state index contributed by atoms with van der Waals surface area (Å²) in [5.41, 5.74) is 2.91. The molecule has 3 aromatic rings. The molecule has 0 aliphatic carbocycles. The lowest BCUT2D eigenvalue weighted by Gasteiger charge is -2.02. The van der Waals surface area contributed by atoms with E-state index in [9.17, 15) is 4.79 Å². The topological polar surface area (TPSA) is 54.6 Å². The zero-order chi connectivity index (χ0) is 19.7. The number of aryl methyl sites for hydroxylation is 1. The van der Waals surface area contributed by atoms with E-state index in [0.717, 1.165) is 26.0 Å². The Balaban J connectivity index is 1.55. The average molecular weight is 518 g/mol. The first-order valence-electron chi connectivity index (χ1n) is 8.39. The van der Waals surface area contributed by atoms with E-state index in [4.69, 9.17) is 4.42 Å². The van der Waals surface area contributed by atoms with Crippen LogP contribution in [0, 0.1) is 6.92 Å². The highest BCUT2D eigenvalue weighted by atomic mass is 79.9. The van der Waals surface area contributed by atoms with Gasteiger partial charge in [-0.05, 0) is 72.8 Å². The van der Waals surface area contributed by atoms with Crippen LogP contribution in [0.25, 0.3) is 17.4 Å². The number of nitrogens with one attached hydrogen (secondary N) is 1. The van der Waals surface area contributed by atoms with E-state index in [0.29, 0.717) is 15.8 Å². The zero-order valence-corrected chi connectivity index (χ0v) is 18.7. The Morgan fingerprint density at radius 1 is 1.07 bits per heavy atom. The summed E-state index contributed by atoms with van der Waals surface area (Å²) in [7, 11) is 0. The maximum absolute atomic E-state index is 12.3. The van der Waals surface area contributed by atoms with Crippen molar-refractivity contribution in [3.63, 3.8) is 0 Å². The second-order valence-electron chi connectivity index (χ2n) is 6.14. The van der Waals surface area contributed by atoms with Crippen LogP contribution >= 0.6 is 43.6 Å². The molecule has 1 aromatic heterocycles. The Bertz CT molecular complexity index is 1120. The molecule has 0 unspecified atom stereocenters. The molecule has 0 radical (unpaired) electrons. The molecule has 2 aromatic carbocycles. The van der Waals surface area contributed by atoms with Crippen LogP contribution in [0.5, 0.6) is 0 Å². The van der Waals surface area contributed by atoms with Gasteiger partial charge in [-0.2, -0.15) is 0 Å². The molecule has 140 valence electrons. The number of aliphatic imine (C=N–C) groups is 1. The van der Waals surface area contributed by atoms with Gasteiger partial charge in [0.25, 0.3) is 5.91 Å². The van der Waals surface area contributed by atoms with Gasteiger partial charge >= 0.3 is 0 Å². The summed E-state index contributed by atoms with van der Waals surface area (Å²) >= 11 is 8.26. The number of amides is 1. The van der Waals surface area contributed by atoms with Gasteiger partial charge < -0.3 is 9.73 Å². The van der Waals surface area contributed by atoms with E-state index in [1.807, 2.05) is 61.5 Å². The van der Waals surface area contributed by atoms with Crippen LogP contribution in [-0.2, 0) is 4.79 Å². The van der Waals surface area contributed by atoms with Crippen molar-refractivity contribution >= 4 is 66.5 Å². The lowest BCUT2D eigenvalue weighted by atomic mass is 10.1. The third-order valence-corrected chi connectivity index (χ3v) is 6.09. The van der Waals surface area contributed by atoms with Gasteiger partial charge in [0.15, 0.2) is 5.17 Å². The molecule has 0 bridgehead atoms. The van der Waals surface area contributed by atoms with Gasteiger partial charge in [-0.25, -0.2) is 4.99 Å². The van der Waals surface area contributed by atoms with Crippen LogP contribution in [-0.4, -0.2) is 11.1 Å². The zero-order valence-electron chi connectivity index (χ0n) is 14.7. The minimum atomic E-state index is -0.185. The minimum absolute atomic E-state index is 0.185. The van der Waals surface area contributed by atoms with Gasteiger partial charge in [-0.15, -0.1) is 0 Å². The van der Waals surface area contributed by atoms with Gasteiger partial charge in [0.2, 0.25) is 0 Å². The normalized spacial score (nSPS) is 16.8. The first-order valence-corrected chi connectivity index (χ1v) is 10.8. The van der Waals surface area contributed by atoms with Gasteiger partial charge in [0.1, 0.15) is 11.5 Å². The predicted octanol–water partition coefficient (Wildman–Crippen LogP) is 6.67. The van der Waals surface area contributed by atoms with E-state index in [-0.39, 0.29) is 5.91 Å². The molecule has 1 fully saturated rings. The predicted molar refractivity (Wildman–Crippen MR) is 122 cm³/mol. The molecule has 1 N–H and O–H groups in total. The smallest absolute Gasteiger partial charge is 0.264 e. The fourth-order valence-electron chi connectivity index (χ4n) is 2.64. The van der Waals surface area contributed by atoms with Crippen molar-refractivity contribution in [1.82, 2.24) is 5.32 Å². The average Bonchev–Trinajstić information content (AvgIpc) is 3.24. The lowest BCUT2D eigenvalue weighted by molar-refractivity contribution is -0.115. The molecule has 7 heteroatoms. The summed E-state index contributed by atoms with van der Waals surface area (Å²) in [6, 6.07) is 17.4. The summed E-state index contributed by atoms with van der Waals surface area (Å²) in [5, 5.41) is 3.33. The molecule has 0 saturated carbocycles. The second-order valence-corrected chi connectivity index (χ2v) is 8.94. The Hall–Kier alpha value is -2.09. The van der Waals surface area contributed by atoms with E-state index in [2.05, 4.69) is 42.2 Å². The number of hydrogen-bond acceptors (Lipinski definition) is 4. The maximum atomic E-state index is 12.3. The van der Waals surface area contributed by atoms with Crippen molar-refractivity contribution in [2.24, 2.45) is 4.99 Å². The van der Waals surface area contributed by atoms with Crippen molar-refractivity contribution in [3.8, 4) is 11.3 Å². The largest absolute Gasteiger partial charge is 0.457 e. The Kier molecular flexibility index (Phi) is 5.57. The van der Waals surface area contributed by atoms with Crippen molar-refractivity contribution in [1.29, 1.82) is 0 Å². The van der Waals surface area contributed by atoms with Crippen molar-refractivity contribution in [2.75, 3.05) is 0 Å². The molecule has 1 amide bonds. The Morgan fingerprint density at radius 3 is 2.61 bits per heavy atom. The molecule has 4 nitrogen and oxygen atoms in total. The van der Waals surface area contributed by atoms with Crippen molar-refractivity contribution < 1.29 is 9.21 Å². The number of thioether (sulfide) groups is 1. The van der Waals surface area contributed by atoms with E-state index in [1.54, 1.807) is 6.08 Å². The summed E-state index contributed by atoms with van der Waals surface area (Å²) in [6.07, 6.45) is 1.73. The summed E-state index contributed by atoms with van der Waals surface area (Å²) in [6.45, 7) is 2.04. The summed E-state index contributed by atoms with van der Waals surface area (Å²) in [5.74, 6) is 1.17. The van der Waals surface area contributed by atoms with E-state index in [1.165, 1.54) is 17.3 Å². The number of furan rings is 1. The van der Waals surface area contributed by atoms with Gasteiger partial charge in [0.05, 0.1) is 10.6 Å². The van der Waals surface area contributed by atoms with Crippen LogP contribution in [0.2, 0.25) is 0 Å². The first-order chi connectivity index (χ1) is 13.5. The highest BCUT2D eigenvalue weighted by Crippen LogP contribution is 2.33. The lowest BCUT2D eigenvalue weighted by Crippen LogP contribution is -2.19. The molecule has 4 rings (SSSR count). The first kappa shape index (κ1) is 19.2. The summed E-state index contributed by atoms with van der Waals surface area (Å²) < 4.78 is 7.87. The monoisotopic (exact) mass is 516 g/mol. The molecular formula is C21H14Br2N2O2S. The standard InChI is InChI=1S/C21H14Br2N2O2S/c1-12-2-8-16(17(23)10-12)18-9-7-15(27-18)11-19-20(26)25-21(28-19)24-14-5-3-13(22)4-6-14/h2-11H,1H3,(H,24,25,26)/b19-11-. The van der Waals surface area contributed by atoms with Crippen LogP contribution in [0.3, 0.4) is 0 Å². The number of halogens is 2. The number of rotatable bonds is 3. The number of benzene rings is 2. The quantitative estimate of drug-likeness (QED) is 0.394. The number of carbonyl (C=O) groups excluding carboxylic acids is 1. The molecule has 28 heavy (non-hydrogen) atoms. The van der Waals surface area contributed by atoms with Gasteiger partial charge in [-0.1, -0.05) is 37.9 Å².